The van der Waals surface area contributed by atoms with Gasteiger partial charge in [-0.1, -0.05) is 29.7 Å². The molecule has 0 unspecified atom stereocenters. The predicted molar refractivity (Wildman–Crippen MR) is 87.9 cm³/mol. The molecule has 0 aliphatic rings. The molecule has 0 spiro atoms. The number of terminal acetylenes is 1. The maximum atomic E-state index is 11.8. The summed E-state index contributed by atoms with van der Waals surface area (Å²) in [7, 11) is 1.53. The van der Waals surface area contributed by atoms with E-state index in [1.54, 1.807) is 30.3 Å². The van der Waals surface area contributed by atoms with Crippen LogP contribution in [0.5, 0.6) is 11.5 Å². The Bertz CT molecular complexity index is 717. The molecule has 23 heavy (non-hydrogen) atoms. The molecule has 0 N–H and O–H groups in total. The van der Waals surface area contributed by atoms with E-state index in [0.29, 0.717) is 28.7 Å². The van der Waals surface area contributed by atoms with Gasteiger partial charge in [-0.15, -0.1) is 6.42 Å². The van der Waals surface area contributed by atoms with Gasteiger partial charge in [0.1, 0.15) is 6.61 Å². The van der Waals surface area contributed by atoms with Crippen LogP contribution in [0.3, 0.4) is 0 Å². The van der Waals surface area contributed by atoms with E-state index in [1.807, 2.05) is 12.1 Å². The van der Waals surface area contributed by atoms with Crippen LogP contribution in [0.1, 0.15) is 15.9 Å². The van der Waals surface area contributed by atoms with Crippen molar-refractivity contribution in [3.63, 3.8) is 0 Å². The van der Waals surface area contributed by atoms with Crippen molar-refractivity contribution in [2.24, 2.45) is 0 Å². The number of rotatable bonds is 6. The Kier molecular flexibility index (Phi) is 5.90. The Morgan fingerprint density at radius 3 is 2.57 bits per heavy atom. The van der Waals surface area contributed by atoms with Crippen LogP contribution in [0.2, 0.25) is 5.02 Å². The minimum Gasteiger partial charge on any atom is -0.493 e. The summed E-state index contributed by atoms with van der Waals surface area (Å²) in [5, 5.41) is 0.657. The third kappa shape index (κ3) is 4.67. The summed E-state index contributed by atoms with van der Waals surface area (Å²) in [6, 6.07) is 12.1. The van der Waals surface area contributed by atoms with Gasteiger partial charge in [-0.3, -0.25) is 0 Å². The second kappa shape index (κ2) is 8.11. The molecule has 0 saturated carbocycles. The minimum absolute atomic E-state index is 0.0776. The lowest BCUT2D eigenvalue weighted by molar-refractivity contribution is 0.0556. The molecule has 0 bridgehead atoms. The average Bonchev–Trinajstić information content (AvgIpc) is 2.58. The SMILES string of the molecule is C#CCOC(=O)c1ccc(OC)c(OCc2ccc(Cl)cc2)c1. The van der Waals surface area contributed by atoms with E-state index in [2.05, 4.69) is 5.92 Å². The fourth-order valence-corrected chi connectivity index (χ4v) is 1.97. The quantitative estimate of drug-likeness (QED) is 0.598. The molecular formula is C18H15ClO4. The Hall–Kier alpha value is -2.64. The van der Waals surface area contributed by atoms with E-state index in [9.17, 15) is 4.79 Å². The van der Waals surface area contributed by atoms with Gasteiger partial charge >= 0.3 is 5.97 Å². The summed E-state index contributed by atoms with van der Waals surface area (Å²) in [5.41, 5.74) is 1.28. The van der Waals surface area contributed by atoms with E-state index < -0.39 is 5.97 Å². The van der Waals surface area contributed by atoms with Crippen molar-refractivity contribution in [1.29, 1.82) is 0 Å². The van der Waals surface area contributed by atoms with E-state index in [-0.39, 0.29) is 6.61 Å². The highest BCUT2D eigenvalue weighted by Crippen LogP contribution is 2.29. The highest BCUT2D eigenvalue weighted by molar-refractivity contribution is 6.30. The molecule has 2 aromatic rings. The van der Waals surface area contributed by atoms with Crippen LogP contribution in [0.15, 0.2) is 42.5 Å². The van der Waals surface area contributed by atoms with Crippen molar-refractivity contribution in [2.45, 2.75) is 6.61 Å². The summed E-state index contributed by atoms with van der Waals surface area (Å²) in [6.45, 7) is 0.238. The van der Waals surface area contributed by atoms with Gasteiger partial charge in [0.15, 0.2) is 18.1 Å². The number of ether oxygens (including phenoxy) is 3. The second-order valence-corrected chi connectivity index (χ2v) is 5.00. The number of carbonyl (C=O) groups is 1. The van der Waals surface area contributed by atoms with Crippen molar-refractivity contribution >= 4 is 17.6 Å². The Morgan fingerprint density at radius 1 is 1.17 bits per heavy atom. The first-order valence-corrected chi connectivity index (χ1v) is 7.17. The van der Waals surface area contributed by atoms with Gasteiger partial charge in [-0.2, -0.15) is 0 Å². The van der Waals surface area contributed by atoms with Crippen LogP contribution >= 0.6 is 11.6 Å². The highest BCUT2D eigenvalue weighted by Gasteiger charge is 2.12. The van der Waals surface area contributed by atoms with Crippen molar-refractivity contribution < 1.29 is 19.0 Å². The van der Waals surface area contributed by atoms with Crippen molar-refractivity contribution in [3.05, 3.63) is 58.6 Å². The maximum absolute atomic E-state index is 11.8. The molecule has 0 saturated heterocycles. The molecular weight excluding hydrogens is 316 g/mol. The maximum Gasteiger partial charge on any atom is 0.339 e. The van der Waals surface area contributed by atoms with Crippen LogP contribution in [0.25, 0.3) is 0 Å². The number of carbonyl (C=O) groups excluding carboxylic acids is 1. The Balaban J connectivity index is 2.13. The molecule has 0 amide bonds. The van der Waals surface area contributed by atoms with E-state index in [1.165, 1.54) is 7.11 Å². The van der Waals surface area contributed by atoms with Gasteiger partial charge < -0.3 is 14.2 Å². The molecule has 4 nitrogen and oxygen atoms in total. The van der Waals surface area contributed by atoms with Crippen molar-refractivity contribution in [2.75, 3.05) is 13.7 Å². The molecule has 0 radical (unpaired) electrons. The molecule has 0 aliphatic heterocycles. The minimum atomic E-state index is -0.512. The molecule has 0 fully saturated rings. The van der Waals surface area contributed by atoms with Gasteiger partial charge in [-0.05, 0) is 35.9 Å². The lowest BCUT2D eigenvalue weighted by Crippen LogP contribution is -2.06. The smallest absolute Gasteiger partial charge is 0.339 e. The average molecular weight is 331 g/mol. The Morgan fingerprint density at radius 2 is 1.91 bits per heavy atom. The fraction of sp³-hybridized carbons (Fsp3) is 0.167. The highest BCUT2D eigenvalue weighted by atomic mass is 35.5. The monoisotopic (exact) mass is 330 g/mol. The lowest BCUT2D eigenvalue weighted by atomic mass is 10.2. The topological polar surface area (TPSA) is 44.8 Å². The van der Waals surface area contributed by atoms with E-state index in [0.717, 1.165) is 5.56 Å². The van der Waals surface area contributed by atoms with Gasteiger partial charge in [0.2, 0.25) is 0 Å². The number of methoxy groups -OCH3 is 1. The molecule has 2 aromatic carbocycles. The first-order chi connectivity index (χ1) is 11.1. The molecule has 0 aromatic heterocycles. The number of esters is 1. The van der Waals surface area contributed by atoms with Crippen LogP contribution < -0.4 is 9.47 Å². The van der Waals surface area contributed by atoms with Gasteiger partial charge in [0.05, 0.1) is 12.7 Å². The summed E-state index contributed by atoms with van der Waals surface area (Å²) in [4.78, 5) is 11.8. The van der Waals surface area contributed by atoms with E-state index in [4.69, 9.17) is 32.2 Å². The van der Waals surface area contributed by atoms with Crippen molar-refractivity contribution in [3.8, 4) is 23.8 Å². The summed E-state index contributed by atoms with van der Waals surface area (Å²) in [5.74, 6) is 2.70. The molecule has 118 valence electrons. The standard InChI is InChI=1S/C18H15ClO4/c1-3-10-22-18(20)14-6-9-16(21-2)17(11-14)23-12-13-4-7-15(19)8-5-13/h1,4-9,11H,10,12H2,2H3. The summed E-state index contributed by atoms with van der Waals surface area (Å²) < 4.78 is 15.9. The van der Waals surface area contributed by atoms with Crippen LogP contribution in [0, 0.1) is 12.3 Å². The summed E-state index contributed by atoms with van der Waals surface area (Å²) >= 11 is 5.85. The van der Waals surface area contributed by atoms with Crippen molar-refractivity contribution in [1.82, 2.24) is 0 Å². The van der Waals surface area contributed by atoms with Crippen LogP contribution in [-0.4, -0.2) is 19.7 Å². The third-order valence-electron chi connectivity index (χ3n) is 2.99. The second-order valence-electron chi connectivity index (χ2n) is 4.56. The van der Waals surface area contributed by atoms with Crippen LogP contribution in [0.4, 0.5) is 0 Å². The number of benzene rings is 2. The van der Waals surface area contributed by atoms with Gasteiger partial charge in [-0.25, -0.2) is 4.79 Å². The number of hydrogen-bond donors (Lipinski definition) is 0. The summed E-state index contributed by atoms with van der Waals surface area (Å²) in [6.07, 6.45) is 5.07. The van der Waals surface area contributed by atoms with Gasteiger partial charge in [0, 0.05) is 5.02 Å². The van der Waals surface area contributed by atoms with Crippen LogP contribution in [-0.2, 0) is 11.3 Å². The largest absolute Gasteiger partial charge is 0.493 e. The number of halogens is 1. The normalized spacial score (nSPS) is 9.78. The van der Waals surface area contributed by atoms with Gasteiger partial charge in [0.25, 0.3) is 0 Å². The predicted octanol–water partition coefficient (Wildman–Crippen LogP) is 3.72. The molecule has 0 heterocycles. The lowest BCUT2D eigenvalue weighted by Gasteiger charge is -2.12. The molecule has 2 rings (SSSR count). The molecule has 0 aliphatic carbocycles. The Labute approximate surface area is 139 Å². The molecule has 0 atom stereocenters. The number of hydrogen-bond acceptors (Lipinski definition) is 4. The molecule has 5 heteroatoms. The zero-order chi connectivity index (χ0) is 16.7. The third-order valence-corrected chi connectivity index (χ3v) is 3.25. The fourth-order valence-electron chi connectivity index (χ4n) is 1.85. The zero-order valence-corrected chi connectivity index (χ0v) is 13.3. The van der Waals surface area contributed by atoms with E-state index >= 15 is 0 Å². The zero-order valence-electron chi connectivity index (χ0n) is 12.5. The first-order valence-electron chi connectivity index (χ1n) is 6.80. The first kappa shape index (κ1) is 16.7.